The van der Waals surface area contributed by atoms with E-state index in [4.69, 9.17) is 21.8 Å². The van der Waals surface area contributed by atoms with Crippen LogP contribution >= 0.6 is 11.6 Å². The van der Waals surface area contributed by atoms with Crippen LogP contribution in [0, 0.1) is 0 Å². The van der Waals surface area contributed by atoms with Gasteiger partial charge >= 0.3 is 0 Å². The lowest BCUT2D eigenvalue weighted by molar-refractivity contribution is 0.0934. The fraction of sp³-hybridized carbons (Fsp3) is 0.389. The van der Waals surface area contributed by atoms with E-state index in [1.807, 2.05) is 24.3 Å². The minimum Gasteiger partial charge on any atom is -0.467 e. The topological polar surface area (TPSA) is 71.5 Å². The Morgan fingerprint density at radius 1 is 1.33 bits per heavy atom. The molecule has 1 aromatic carbocycles. The minimum absolute atomic E-state index is 0.0125. The van der Waals surface area contributed by atoms with Crippen molar-refractivity contribution in [2.24, 2.45) is 5.73 Å². The first-order valence-corrected chi connectivity index (χ1v) is 8.52. The number of hydrogen-bond donors (Lipinski definition) is 2. The Morgan fingerprint density at radius 3 is 2.62 bits per heavy atom. The number of carbonyl (C=O) groups is 1. The summed E-state index contributed by atoms with van der Waals surface area (Å²) in [4.78, 5) is 14.6. The van der Waals surface area contributed by atoms with Crippen molar-refractivity contribution in [2.75, 3.05) is 19.6 Å². The van der Waals surface area contributed by atoms with Crippen molar-refractivity contribution in [3.63, 3.8) is 0 Å². The van der Waals surface area contributed by atoms with Crippen LogP contribution in [0.25, 0.3) is 0 Å². The molecule has 0 radical (unpaired) electrons. The number of rotatable bonds is 8. The molecule has 0 spiro atoms. The number of likely N-dealkylation sites (N-methyl/N-ethyl adjacent to an activating group) is 1. The number of amides is 1. The zero-order valence-electron chi connectivity index (χ0n) is 14.1. The van der Waals surface area contributed by atoms with Gasteiger partial charge in [-0.3, -0.25) is 9.69 Å². The molecule has 1 atom stereocenters. The van der Waals surface area contributed by atoms with Crippen LogP contribution in [0.3, 0.4) is 0 Å². The highest BCUT2D eigenvalue weighted by Gasteiger charge is 2.21. The van der Waals surface area contributed by atoms with E-state index in [-0.39, 0.29) is 18.5 Å². The van der Waals surface area contributed by atoms with Gasteiger partial charge in [-0.15, -0.1) is 0 Å². The van der Waals surface area contributed by atoms with Gasteiger partial charge in [-0.25, -0.2) is 0 Å². The third-order valence-electron chi connectivity index (χ3n) is 4.09. The first kappa shape index (κ1) is 18.5. The molecule has 24 heavy (non-hydrogen) atoms. The van der Waals surface area contributed by atoms with E-state index in [9.17, 15) is 4.79 Å². The number of nitrogens with two attached hydrogens (primary N) is 1. The highest BCUT2D eigenvalue weighted by atomic mass is 35.5. The van der Waals surface area contributed by atoms with Gasteiger partial charge in [0.2, 0.25) is 0 Å². The summed E-state index contributed by atoms with van der Waals surface area (Å²) in [5.74, 6) is 0.411. The number of hydrogen-bond acceptors (Lipinski definition) is 4. The van der Waals surface area contributed by atoms with Crippen LogP contribution in [0.5, 0.6) is 0 Å². The lowest BCUT2D eigenvalue weighted by Crippen LogP contribution is -2.38. The summed E-state index contributed by atoms with van der Waals surface area (Å²) in [6.07, 6.45) is 1.43. The molecule has 1 aromatic heterocycles. The zero-order chi connectivity index (χ0) is 17.5. The van der Waals surface area contributed by atoms with Gasteiger partial charge in [0.25, 0.3) is 5.91 Å². The maximum atomic E-state index is 12.3. The van der Waals surface area contributed by atoms with Gasteiger partial charge in [0.1, 0.15) is 12.0 Å². The third kappa shape index (κ3) is 4.38. The Balaban J connectivity index is 2.13. The van der Waals surface area contributed by atoms with Crippen LogP contribution in [-0.4, -0.2) is 30.4 Å². The van der Waals surface area contributed by atoms with Gasteiger partial charge in [-0.2, -0.15) is 0 Å². The van der Waals surface area contributed by atoms with Crippen molar-refractivity contribution in [3.8, 4) is 0 Å². The minimum atomic E-state index is -0.178. The zero-order valence-corrected chi connectivity index (χ0v) is 14.8. The monoisotopic (exact) mass is 349 g/mol. The molecule has 130 valence electrons. The SMILES string of the molecule is CCN(CC)C(CNC(=O)c1coc(CN)c1)c1ccccc1Cl. The summed E-state index contributed by atoms with van der Waals surface area (Å²) in [6, 6.07) is 9.42. The van der Waals surface area contributed by atoms with Crippen LogP contribution in [0.15, 0.2) is 41.0 Å². The molecule has 2 aromatic rings. The molecule has 1 amide bonds. The van der Waals surface area contributed by atoms with Crippen LogP contribution in [-0.2, 0) is 6.54 Å². The third-order valence-corrected chi connectivity index (χ3v) is 4.43. The molecule has 0 aliphatic heterocycles. The second kappa shape index (κ2) is 8.87. The normalized spacial score (nSPS) is 12.4. The number of furan rings is 1. The predicted octanol–water partition coefficient (Wildman–Crippen LogP) is 3.20. The molecule has 0 bridgehead atoms. The number of halogens is 1. The van der Waals surface area contributed by atoms with Crippen LogP contribution in [0.1, 0.15) is 41.6 Å². The van der Waals surface area contributed by atoms with Gasteiger partial charge in [-0.05, 0) is 30.8 Å². The summed E-state index contributed by atoms with van der Waals surface area (Å²) in [6.45, 7) is 6.66. The largest absolute Gasteiger partial charge is 0.467 e. The average Bonchev–Trinajstić information content (AvgIpc) is 3.08. The van der Waals surface area contributed by atoms with E-state index < -0.39 is 0 Å². The standard InChI is InChI=1S/C18H24ClN3O2/c1-3-22(4-2)17(15-7-5-6-8-16(15)19)11-21-18(23)13-9-14(10-20)24-12-13/h5-9,12,17H,3-4,10-11,20H2,1-2H3,(H,21,23). The summed E-state index contributed by atoms with van der Waals surface area (Å²) < 4.78 is 5.22. The van der Waals surface area contributed by atoms with Gasteiger partial charge < -0.3 is 15.5 Å². The van der Waals surface area contributed by atoms with E-state index in [1.165, 1.54) is 6.26 Å². The molecule has 0 aliphatic rings. The highest BCUT2D eigenvalue weighted by molar-refractivity contribution is 6.31. The van der Waals surface area contributed by atoms with Crippen molar-refractivity contribution in [1.29, 1.82) is 0 Å². The first-order valence-electron chi connectivity index (χ1n) is 8.14. The Hall–Kier alpha value is -1.82. The summed E-state index contributed by atoms with van der Waals surface area (Å²) in [5, 5.41) is 3.68. The lowest BCUT2D eigenvalue weighted by Gasteiger charge is -2.30. The van der Waals surface area contributed by atoms with Gasteiger partial charge in [0.15, 0.2) is 0 Å². The first-order chi connectivity index (χ1) is 11.6. The van der Waals surface area contributed by atoms with E-state index in [2.05, 4.69) is 24.1 Å². The Morgan fingerprint density at radius 2 is 2.04 bits per heavy atom. The molecule has 2 rings (SSSR count). The van der Waals surface area contributed by atoms with Gasteiger partial charge in [0.05, 0.1) is 18.2 Å². The fourth-order valence-corrected chi connectivity index (χ4v) is 3.01. The number of carbonyl (C=O) groups excluding carboxylic acids is 1. The van der Waals surface area contributed by atoms with Crippen LogP contribution in [0.2, 0.25) is 5.02 Å². The van der Waals surface area contributed by atoms with Crippen molar-refractivity contribution in [1.82, 2.24) is 10.2 Å². The van der Waals surface area contributed by atoms with E-state index in [1.54, 1.807) is 6.07 Å². The van der Waals surface area contributed by atoms with Crippen LogP contribution in [0.4, 0.5) is 0 Å². The Kier molecular flexibility index (Phi) is 6.85. The number of nitrogens with zero attached hydrogens (tertiary/aromatic N) is 1. The summed E-state index contributed by atoms with van der Waals surface area (Å²) in [7, 11) is 0. The smallest absolute Gasteiger partial charge is 0.254 e. The summed E-state index contributed by atoms with van der Waals surface area (Å²) >= 11 is 6.36. The lowest BCUT2D eigenvalue weighted by atomic mass is 10.0. The molecule has 1 heterocycles. The average molecular weight is 350 g/mol. The fourth-order valence-electron chi connectivity index (χ4n) is 2.74. The Labute approximate surface area is 147 Å². The molecule has 6 heteroatoms. The van der Waals surface area contributed by atoms with Crippen molar-refractivity contribution in [3.05, 3.63) is 58.5 Å². The molecular weight excluding hydrogens is 326 g/mol. The molecule has 0 fully saturated rings. The van der Waals surface area contributed by atoms with Gasteiger partial charge in [0, 0.05) is 11.6 Å². The molecular formula is C18H24ClN3O2. The maximum absolute atomic E-state index is 12.3. The predicted molar refractivity (Wildman–Crippen MR) is 96.0 cm³/mol. The molecule has 0 saturated carbocycles. The van der Waals surface area contributed by atoms with Crippen molar-refractivity contribution in [2.45, 2.75) is 26.4 Å². The highest BCUT2D eigenvalue weighted by Crippen LogP contribution is 2.27. The maximum Gasteiger partial charge on any atom is 0.254 e. The quantitative estimate of drug-likeness (QED) is 0.767. The van der Waals surface area contributed by atoms with Crippen molar-refractivity contribution < 1.29 is 9.21 Å². The van der Waals surface area contributed by atoms with E-state index >= 15 is 0 Å². The second-order valence-corrected chi connectivity index (χ2v) is 5.88. The molecule has 3 N–H and O–H groups in total. The molecule has 5 nitrogen and oxygen atoms in total. The number of nitrogens with one attached hydrogen (secondary N) is 1. The van der Waals surface area contributed by atoms with Gasteiger partial charge in [-0.1, -0.05) is 43.6 Å². The molecule has 0 aliphatic carbocycles. The van der Waals surface area contributed by atoms with E-state index in [0.29, 0.717) is 22.9 Å². The Bertz CT molecular complexity index is 668. The van der Waals surface area contributed by atoms with E-state index in [0.717, 1.165) is 18.7 Å². The van der Waals surface area contributed by atoms with Crippen LogP contribution < -0.4 is 11.1 Å². The van der Waals surface area contributed by atoms with Crippen molar-refractivity contribution >= 4 is 17.5 Å². The summed E-state index contributed by atoms with van der Waals surface area (Å²) in [5.41, 5.74) is 7.00. The number of benzene rings is 1. The second-order valence-electron chi connectivity index (χ2n) is 5.47. The molecule has 1 unspecified atom stereocenters. The molecule has 0 saturated heterocycles.